The van der Waals surface area contributed by atoms with Crippen LogP contribution in [0.5, 0.6) is 0 Å². The molecule has 2 heterocycles. The average Bonchev–Trinajstić information content (AvgIpc) is 2.69. The molecule has 1 saturated heterocycles. The maximum atomic E-state index is 12.0. The molecule has 9 heteroatoms. The van der Waals surface area contributed by atoms with Gasteiger partial charge in [0.25, 0.3) is 5.69 Å². The third-order valence-corrected chi connectivity index (χ3v) is 4.73. The fourth-order valence-corrected chi connectivity index (χ4v) is 3.48. The van der Waals surface area contributed by atoms with Crippen LogP contribution < -0.4 is 10.6 Å². The maximum absolute atomic E-state index is 12.0. The van der Waals surface area contributed by atoms with Crippen LogP contribution in [-0.4, -0.2) is 47.9 Å². The molecule has 0 bridgehead atoms. The van der Waals surface area contributed by atoms with Crippen molar-refractivity contribution in [1.82, 2.24) is 5.32 Å². The summed E-state index contributed by atoms with van der Waals surface area (Å²) in [4.78, 5) is 22.9. The monoisotopic (exact) mass is 402 g/mol. The number of para-hydroxylation sites is 1. The molecule has 1 fully saturated rings. The number of benzene rings is 1. The number of carbonyl (C=O) groups excluding carboxylic acids is 1. The summed E-state index contributed by atoms with van der Waals surface area (Å²) in [5, 5.41) is 25.7. The van der Waals surface area contributed by atoms with E-state index in [-0.39, 0.29) is 27.6 Å². The van der Waals surface area contributed by atoms with E-state index in [0.29, 0.717) is 11.3 Å². The van der Waals surface area contributed by atoms with Crippen molar-refractivity contribution >= 4 is 34.5 Å². The van der Waals surface area contributed by atoms with Crippen molar-refractivity contribution < 1.29 is 19.8 Å². The first kappa shape index (κ1) is 21.6. The van der Waals surface area contributed by atoms with Crippen molar-refractivity contribution in [3.63, 3.8) is 0 Å². The molecule has 2 aliphatic rings. The summed E-state index contributed by atoms with van der Waals surface area (Å²) in [6.07, 6.45) is 0. The number of Topliss-reactive ketones (excluding diaryl/α,β-unsaturated/α-hetero) is 1. The van der Waals surface area contributed by atoms with Gasteiger partial charge in [-0.05, 0) is 13.8 Å². The number of rotatable bonds is 3. The predicted octanol–water partition coefficient (Wildman–Crippen LogP) is 1.22. The molecule has 0 saturated carbocycles. The van der Waals surface area contributed by atoms with Gasteiger partial charge < -0.3 is 20.8 Å². The third kappa shape index (κ3) is 4.96. The molecule has 1 atom stereocenters. The molecule has 1 aromatic rings. The van der Waals surface area contributed by atoms with Crippen molar-refractivity contribution in [2.75, 3.05) is 26.3 Å². The number of nitro benzene ring substituents is 1. The average molecular weight is 402 g/mol. The zero-order valence-electron chi connectivity index (χ0n) is 15.7. The zero-order chi connectivity index (χ0) is 20.7. The van der Waals surface area contributed by atoms with Crippen LogP contribution >= 0.6 is 12.2 Å². The first-order valence-corrected chi connectivity index (χ1v) is 9.22. The van der Waals surface area contributed by atoms with Crippen molar-refractivity contribution in [3.8, 4) is 0 Å². The molecular formula is C19H22N4O4S. The second-order valence-corrected chi connectivity index (χ2v) is 6.71. The van der Waals surface area contributed by atoms with Crippen LogP contribution in [0.15, 0.2) is 41.1 Å². The Morgan fingerprint density at radius 2 is 2.04 bits per heavy atom. The molecule has 148 valence electrons. The Kier molecular flexibility index (Phi) is 7.71. The van der Waals surface area contributed by atoms with Gasteiger partial charge in [-0.2, -0.15) is 0 Å². The first-order valence-electron chi connectivity index (χ1n) is 8.81. The Balaban J connectivity index is 0.000000397. The largest absolute Gasteiger partial charge is 0.763 e. The number of ether oxygens (including phenoxy) is 1. The van der Waals surface area contributed by atoms with Crippen molar-refractivity contribution in [2.24, 2.45) is 0 Å². The fourth-order valence-electron chi connectivity index (χ4n) is 3.17. The standard InChI is InChI=1S/C15H12N3O3S.C4H9NO/c1-8-13(9(2)19)14(11(7-16)15(22)17-8)10-5-3-4-6-12(10)18(20)21;1-3-6-4-2-5-1/h3-6,14H,1-2H3,(H,17,22);5H,1-4H2/q-1;/p+1. The summed E-state index contributed by atoms with van der Waals surface area (Å²) in [5.41, 5.74) is 1.12. The molecule has 8 nitrogen and oxygen atoms in total. The van der Waals surface area contributed by atoms with Crippen LogP contribution in [0.1, 0.15) is 25.3 Å². The minimum atomic E-state index is -0.821. The van der Waals surface area contributed by atoms with E-state index in [4.69, 9.17) is 17.0 Å². The summed E-state index contributed by atoms with van der Waals surface area (Å²) < 4.78 is 5.04. The van der Waals surface area contributed by atoms with E-state index in [0.717, 1.165) is 26.3 Å². The van der Waals surface area contributed by atoms with Crippen LogP contribution in [0, 0.1) is 10.1 Å². The molecule has 3 N–H and O–H groups in total. The highest BCUT2D eigenvalue weighted by atomic mass is 32.1. The lowest BCUT2D eigenvalue weighted by atomic mass is 9.79. The number of nitrogens with two attached hydrogens (primary N) is 1. The summed E-state index contributed by atoms with van der Waals surface area (Å²) in [5.74, 6) is 0.896. The molecule has 0 amide bonds. The minimum Gasteiger partial charge on any atom is -0.763 e. The SMILES string of the molecule is C1COCC[NH2+]1.CC(=O)C1=C(C)NC(=S)C(=C=[N-])C1c1ccccc1[N+](=O)[O-]. The Hall–Kier alpha value is -2.71. The van der Waals surface area contributed by atoms with Gasteiger partial charge in [-0.15, -0.1) is 0 Å². The second-order valence-electron chi connectivity index (χ2n) is 6.30. The van der Waals surface area contributed by atoms with Gasteiger partial charge in [0.2, 0.25) is 0 Å². The van der Waals surface area contributed by atoms with Crippen molar-refractivity contribution in [2.45, 2.75) is 19.8 Å². The van der Waals surface area contributed by atoms with E-state index in [2.05, 4.69) is 10.6 Å². The topological polar surface area (TPSA) is 120 Å². The summed E-state index contributed by atoms with van der Waals surface area (Å²) in [6.45, 7) is 7.23. The molecule has 1 aromatic carbocycles. The van der Waals surface area contributed by atoms with Gasteiger partial charge in [0.15, 0.2) is 5.78 Å². The Labute approximate surface area is 168 Å². The first-order chi connectivity index (χ1) is 13.4. The highest BCUT2D eigenvalue weighted by Gasteiger charge is 2.35. The number of hydrogen-bond acceptors (Lipinski definition) is 5. The normalized spacial score (nSPS) is 19.1. The van der Waals surface area contributed by atoms with Crippen molar-refractivity contribution in [1.29, 1.82) is 0 Å². The predicted molar refractivity (Wildman–Crippen MR) is 109 cm³/mol. The molecular weight excluding hydrogens is 380 g/mol. The number of ketones is 1. The van der Waals surface area contributed by atoms with Gasteiger partial charge in [0.05, 0.1) is 37.1 Å². The van der Waals surface area contributed by atoms with Gasteiger partial charge >= 0.3 is 0 Å². The van der Waals surface area contributed by atoms with E-state index >= 15 is 0 Å². The van der Waals surface area contributed by atoms with Crippen LogP contribution in [0.4, 0.5) is 5.69 Å². The molecule has 28 heavy (non-hydrogen) atoms. The summed E-state index contributed by atoms with van der Waals surface area (Å²) in [6, 6.07) is 6.07. The van der Waals surface area contributed by atoms with E-state index < -0.39 is 10.8 Å². The van der Waals surface area contributed by atoms with Gasteiger partial charge in [-0.3, -0.25) is 20.8 Å². The molecule has 1 unspecified atom stereocenters. The molecule has 0 spiro atoms. The van der Waals surface area contributed by atoms with Gasteiger partial charge in [0.1, 0.15) is 4.99 Å². The number of nitrogens with one attached hydrogen (secondary N) is 1. The number of thiocarbonyl (C=S) groups is 1. The summed E-state index contributed by atoms with van der Waals surface area (Å²) >= 11 is 5.14. The molecule has 2 aliphatic heterocycles. The van der Waals surface area contributed by atoms with Crippen molar-refractivity contribution in [3.05, 3.63) is 62.2 Å². The van der Waals surface area contributed by atoms with Crippen LogP contribution in [-0.2, 0) is 9.53 Å². The van der Waals surface area contributed by atoms with Crippen LogP contribution in [0.3, 0.4) is 0 Å². The third-order valence-electron chi connectivity index (χ3n) is 4.40. The Morgan fingerprint density at radius 3 is 2.50 bits per heavy atom. The highest BCUT2D eigenvalue weighted by molar-refractivity contribution is 7.80. The number of morpholine rings is 1. The maximum Gasteiger partial charge on any atom is 0.273 e. The van der Waals surface area contributed by atoms with Crippen LogP contribution in [0.2, 0.25) is 0 Å². The fraction of sp³-hybridized carbons (Fsp3) is 0.368. The molecule has 0 aliphatic carbocycles. The quantitative estimate of drug-likeness (QED) is 0.258. The zero-order valence-corrected chi connectivity index (χ0v) is 16.5. The number of hydrogen-bond donors (Lipinski definition) is 2. The number of carbonyl (C=O) groups is 1. The smallest absolute Gasteiger partial charge is 0.273 e. The second kappa shape index (κ2) is 10.0. The lowest BCUT2D eigenvalue weighted by Crippen LogP contribution is -2.87. The lowest BCUT2D eigenvalue weighted by Gasteiger charge is -2.30. The molecule has 3 rings (SSSR count). The highest BCUT2D eigenvalue weighted by Crippen LogP contribution is 2.40. The van der Waals surface area contributed by atoms with Gasteiger partial charge in [-0.25, -0.2) is 0 Å². The van der Waals surface area contributed by atoms with E-state index in [1.807, 2.05) is 5.87 Å². The minimum absolute atomic E-state index is 0.139. The Morgan fingerprint density at radius 1 is 1.39 bits per heavy atom. The number of nitrogens with zero attached hydrogens (tertiary/aromatic N) is 2. The van der Waals surface area contributed by atoms with E-state index in [9.17, 15) is 20.3 Å². The summed E-state index contributed by atoms with van der Waals surface area (Å²) in [7, 11) is 0. The van der Waals surface area contributed by atoms with E-state index in [1.165, 1.54) is 19.1 Å². The Bertz CT molecular complexity index is 859. The molecule has 0 aromatic heterocycles. The molecule has 0 radical (unpaired) electrons. The number of allylic oxidation sites excluding steroid dienone is 2. The van der Waals surface area contributed by atoms with Crippen LogP contribution in [0.25, 0.3) is 5.41 Å². The van der Waals surface area contributed by atoms with Gasteiger partial charge in [-0.1, -0.05) is 30.4 Å². The number of nitro groups is 1. The van der Waals surface area contributed by atoms with Gasteiger partial charge in [0, 0.05) is 28.5 Å². The van der Waals surface area contributed by atoms with E-state index in [1.54, 1.807) is 19.1 Å². The number of quaternary nitrogens is 1. The lowest BCUT2D eigenvalue weighted by molar-refractivity contribution is -0.670.